The van der Waals surface area contributed by atoms with Gasteiger partial charge >= 0.3 is 0 Å². The molecular weight excluding hydrogens is 224 g/mol. The monoisotopic (exact) mass is 254 g/mol. The summed E-state index contributed by atoms with van der Waals surface area (Å²) >= 11 is 0. The van der Waals surface area contributed by atoms with Gasteiger partial charge in [-0.05, 0) is 45.1 Å². The van der Waals surface area contributed by atoms with Crippen LogP contribution in [0.15, 0.2) is 0 Å². The predicted molar refractivity (Wildman–Crippen MR) is 75.7 cm³/mol. The number of nitrogens with zero attached hydrogens (tertiary/aromatic N) is 2. The summed E-state index contributed by atoms with van der Waals surface area (Å²) in [4.78, 5) is 5.00. The third kappa shape index (κ3) is 3.46. The Labute approximate surface area is 112 Å². The summed E-state index contributed by atoms with van der Waals surface area (Å²) in [5.41, 5.74) is 0. The van der Waals surface area contributed by atoms with E-state index in [4.69, 9.17) is 0 Å². The highest BCUT2D eigenvalue weighted by Gasteiger charge is 2.32. The lowest BCUT2D eigenvalue weighted by Gasteiger charge is -2.42. The Morgan fingerprint density at radius 3 is 2.67 bits per heavy atom. The van der Waals surface area contributed by atoms with E-state index in [1.165, 1.54) is 32.4 Å². The molecule has 0 amide bonds. The fourth-order valence-corrected chi connectivity index (χ4v) is 3.66. The molecular formula is C15H30N2O. The van der Waals surface area contributed by atoms with Gasteiger partial charge in [0.1, 0.15) is 0 Å². The lowest BCUT2D eigenvalue weighted by atomic mass is 9.78. The van der Waals surface area contributed by atoms with Gasteiger partial charge in [0.05, 0.1) is 6.10 Å². The molecule has 0 bridgehead atoms. The molecule has 2 fully saturated rings. The first-order valence-electron chi connectivity index (χ1n) is 7.70. The van der Waals surface area contributed by atoms with E-state index in [2.05, 4.69) is 30.7 Å². The molecule has 1 saturated heterocycles. The Balaban J connectivity index is 1.87. The highest BCUT2D eigenvalue weighted by Crippen LogP contribution is 2.32. The molecule has 2 rings (SSSR count). The summed E-state index contributed by atoms with van der Waals surface area (Å²) in [5.74, 6) is 1.36. The fourth-order valence-electron chi connectivity index (χ4n) is 3.66. The van der Waals surface area contributed by atoms with E-state index in [1.807, 2.05) is 0 Å². The second-order valence-corrected chi connectivity index (χ2v) is 6.52. The molecule has 3 heteroatoms. The van der Waals surface area contributed by atoms with E-state index in [-0.39, 0.29) is 6.10 Å². The zero-order chi connectivity index (χ0) is 13.1. The molecule has 0 spiro atoms. The van der Waals surface area contributed by atoms with E-state index in [0.29, 0.717) is 12.0 Å². The number of likely N-dealkylation sites (N-methyl/N-ethyl adjacent to an activating group) is 1. The van der Waals surface area contributed by atoms with E-state index in [9.17, 15) is 5.11 Å². The maximum Gasteiger partial charge on any atom is 0.0580 e. The smallest absolute Gasteiger partial charge is 0.0580 e. The van der Waals surface area contributed by atoms with Gasteiger partial charge in [-0.25, -0.2) is 0 Å². The van der Waals surface area contributed by atoms with Crippen LogP contribution in [0.25, 0.3) is 0 Å². The van der Waals surface area contributed by atoms with Gasteiger partial charge in [0, 0.05) is 32.2 Å². The molecule has 1 aliphatic heterocycles. The summed E-state index contributed by atoms with van der Waals surface area (Å²) in [6, 6.07) is 0.637. The summed E-state index contributed by atoms with van der Waals surface area (Å²) in [6.45, 7) is 9.22. The van der Waals surface area contributed by atoms with Crippen LogP contribution in [0, 0.1) is 11.8 Å². The molecule has 106 valence electrons. The number of piperazine rings is 1. The molecule has 0 aromatic rings. The van der Waals surface area contributed by atoms with Gasteiger partial charge in [-0.3, -0.25) is 4.90 Å². The zero-order valence-electron chi connectivity index (χ0n) is 12.3. The molecule has 1 aliphatic carbocycles. The van der Waals surface area contributed by atoms with Crippen molar-refractivity contribution in [1.82, 2.24) is 9.80 Å². The van der Waals surface area contributed by atoms with Crippen molar-refractivity contribution in [3.8, 4) is 0 Å². The van der Waals surface area contributed by atoms with Crippen molar-refractivity contribution in [3.63, 3.8) is 0 Å². The Hall–Kier alpha value is -0.120. The number of aliphatic hydroxyl groups excluding tert-OH is 1. The molecule has 2 aliphatic rings. The maximum absolute atomic E-state index is 10.2. The topological polar surface area (TPSA) is 26.7 Å². The molecule has 4 atom stereocenters. The van der Waals surface area contributed by atoms with Gasteiger partial charge in [-0.15, -0.1) is 0 Å². The van der Waals surface area contributed by atoms with Crippen LogP contribution in [0.3, 0.4) is 0 Å². The summed E-state index contributed by atoms with van der Waals surface area (Å²) in [5, 5.41) is 10.2. The average Bonchev–Trinajstić information content (AvgIpc) is 2.35. The minimum Gasteiger partial charge on any atom is -0.393 e. The third-order valence-corrected chi connectivity index (χ3v) is 5.07. The second-order valence-electron chi connectivity index (χ2n) is 6.52. The van der Waals surface area contributed by atoms with Crippen molar-refractivity contribution >= 4 is 0 Å². The van der Waals surface area contributed by atoms with Crippen molar-refractivity contribution in [2.24, 2.45) is 11.8 Å². The first kappa shape index (κ1) is 14.3. The van der Waals surface area contributed by atoms with Crippen LogP contribution < -0.4 is 0 Å². The third-order valence-electron chi connectivity index (χ3n) is 5.07. The first-order chi connectivity index (χ1) is 8.60. The minimum absolute atomic E-state index is 0.0559. The van der Waals surface area contributed by atoms with Crippen LogP contribution >= 0.6 is 0 Å². The summed E-state index contributed by atoms with van der Waals surface area (Å²) in [7, 11) is 2.20. The van der Waals surface area contributed by atoms with Gasteiger partial charge in [0.25, 0.3) is 0 Å². The van der Waals surface area contributed by atoms with E-state index in [0.717, 1.165) is 25.4 Å². The molecule has 0 aromatic carbocycles. The van der Waals surface area contributed by atoms with Crippen LogP contribution in [-0.4, -0.2) is 60.3 Å². The van der Waals surface area contributed by atoms with Crippen LogP contribution in [0.5, 0.6) is 0 Å². The van der Waals surface area contributed by atoms with Gasteiger partial charge in [0.2, 0.25) is 0 Å². The molecule has 1 heterocycles. The van der Waals surface area contributed by atoms with Gasteiger partial charge in [-0.1, -0.05) is 13.3 Å². The van der Waals surface area contributed by atoms with Gasteiger partial charge in [0.15, 0.2) is 0 Å². The lowest BCUT2D eigenvalue weighted by Crippen LogP contribution is -2.53. The van der Waals surface area contributed by atoms with Crippen LogP contribution in [-0.2, 0) is 0 Å². The van der Waals surface area contributed by atoms with Crippen LogP contribution in [0.2, 0.25) is 0 Å². The summed E-state index contributed by atoms with van der Waals surface area (Å²) in [6.07, 6.45) is 4.70. The van der Waals surface area contributed by atoms with Crippen molar-refractivity contribution in [2.75, 3.05) is 33.2 Å². The number of hydrogen-bond acceptors (Lipinski definition) is 3. The highest BCUT2D eigenvalue weighted by atomic mass is 16.3. The van der Waals surface area contributed by atoms with Crippen molar-refractivity contribution in [1.29, 1.82) is 0 Å². The van der Waals surface area contributed by atoms with Gasteiger partial charge < -0.3 is 10.0 Å². The number of rotatable bonds is 3. The Bertz CT molecular complexity index is 259. The van der Waals surface area contributed by atoms with Crippen LogP contribution in [0.4, 0.5) is 0 Å². The zero-order valence-corrected chi connectivity index (χ0v) is 12.3. The average molecular weight is 254 g/mol. The number of aliphatic hydroxyl groups is 1. The largest absolute Gasteiger partial charge is 0.393 e. The molecule has 1 N–H and O–H groups in total. The standard InChI is InChI=1S/C15H30N2O/c1-4-13-5-6-15(18)14(9-13)11-17-8-7-16(3)10-12(17)2/h12-15,18H,4-11H2,1-3H3. The Kier molecular flexibility index (Phi) is 5.05. The molecule has 1 saturated carbocycles. The Morgan fingerprint density at radius 1 is 1.22 bits per heavy atom. The molecule has 3 nitrogen and oxygen atoms in total. The van der Waals surface area contributed by atoms with Crippen molar-refractivity contribution < 1.29 is 5.11 Å². The fraction of sp³-hybridized carbons (Fsp3) is 1.00. The maximum atomic E-state index is 10.2. The minimum atomic E-state index is -0.0559. The van der Waals surface area contributed by atoms with E-state index >= 15 is 0 Å². The second kappa shape index (κ2) is 6.36. The number of hydrogen-bond donors (Lipinski definition) is 1. The van der Waals surface area contributed by atoms with E-state index < -0.39 is 0 Å². The highest BCUT2D eigenvalue weighted by molar-refractivity contribution is 4.85. The normalized spacial score (nSPS) is 40.0. The quantitative estimate of drug-likeness (QED) is 0.832. The lowest BCUT2D eigenvalue weighted by molar-refractivity contribution is 0.00487. The van der Waals surface area contributed by atoms with Crippen molar-refractivity contribution in [3.05, 3.63) is 0 Å². The first-order valence-corrected chi connectivity index (χ1v) is 7.70. The Morgan fingerprint density at radius 2 is 2.00 bits per heavy atom. The predicted octanol–water partition coefficient (Wildman–Crippen LogP) is 1.81. The summed E-state index contributed by atoms with van der Waals surface area (Å²) < 4.78 is 0. The molecule has 0 aromatic heterocycles. The van der Waals surface area contributed by atoms with E-state index in [1.54, 1.807) is 0 Å². The molecule has 4 unspecified atom stereocenters. The van der Waals surface area contributed by atoms with Crippen LogP contribution in [0.1, 0.15) is 39.5 Å². The molecule has 0 radical (unpaired) electrons. The van der Waals surface area contributed by atoms with Crippen molar-refractivity contribution in [2.45, 2.75) is 51.7 Å². The molecule has 18 heavy (non-hydrogen) atoms. The SMILES string of the molecule is CCC1CCC(O)C(CN2CCN(C)CC2C)C1. The van der Waals surface area contributed by atoms with Gasteiger partial charge in [-0.2, -0.15) is 0 Å².